The Hall–Kier alpha value is -1.85. The number of rotatable bonds is 4. The van der Waals surface area contributed by atoms with Gasteiger partial charge in [0.25, 0.3) is 0 Å². The molecule has 130 valence electrons. The van der Waals surface area contributed by atoms with Crippen LogP contribution in [0.15, 0.2) is 30.3 Å². The van der Waals surface area contributed by atoms with Crippen LogP contribution < -0.4 is 10.2 Å². The van der Waals surface area contributed by atoms with E-state index in [9.17, 15) is 0 Å². The molecule has 0 bridgehead atoms. The third kappa shape index (κ3) is 3.44. The molecule has 1 aliphatic heterocycles. The molecule has 4 rings (SSSR count). The van der Waals surface area contributed by atoms with Gasteiger partial charge in [0.1, 0.15) is 10.6 Å². The van der Waals surface area contributed by atoms with Crippen molar-refractivity contribution >= 4 is 44.9 Å². The highest BCUT2D eigenvalue weighted by Crippen LogP contribution is 2.38. The van der Waals surface area contributed by atoms with Crippen molar-refractivity contribution in [3.05, 3.63) is 45.8 Å². The van der Waals surface area contributed by atoms with E-state index in [-0.39, 0.29) is 0 Å². The zero-order chi connectivity index (χ0) is 17.2. The lowest BCUT2D eigenvalue weighted by Crippen LogP contribution is -2.31. The number of nitrogens with one attached hydrogen (secondary N) is 1. The Morgan fingerprint density at radius 2 is 1.88 bits per heavy atom. The Morgan fingerprint density at radius 3 is 2.64 bits per heavy atom. The minimum absolute atomic E-state index is 0.720. The van der Waals surface area contributed by atoms with Crippen LogP contribution in [0.25, 0.3) is 10.2 Å². The number of hydrogen-bond donors (Lipinski definition) is 1. The third-order valence-electron chi connectivity index (χ3n) is 4.58. The SMILES string of the molecule is Cc1sc2nc(N3CCCCC3)nc(NCc3ccccc3)c2c1Cl. The van der Waals surface area contributed by atoms with Crippen molar-refractivity contribution in [3.8, 4) is 0 Å². The fraction of sp³-hybridized carbons (Fsp3) is 0.368. The summed E-state index contributed by atoms with van der Waals surface area (Å²) < 4.78 is 0. The molecule has 4 nitrogen and oxygen atoms in total. The summed E-state index contributed by atoms with van der Waals surface area (Å²) in [4.78, 5) is 14.0. The summed E-state index contributed by atoms with van der Waals surface area (Å²) in [6.07, 6.45) is 3.71. The van der Waals surface area contributed by atoms with Gasteiger partial charge in [0.05, 0.1) is 10.4 Å². The van der Waals surface area contributed by atoms with Crippen LogP contribution in [-0.2, 0) is 6.54 Å². The molecule has 0 atom stereocenters. The Balaban J connectivity index is 1.71. The molecule has 1 saturated heterocycles. The zero-order valence-corrected chi connectivity index (χ0v) is 15.8. The van der Waals surface area contributed by atoms with Crippen LogP contribution in [0.5, 0.6) is 0 Å². The lowest BCUT2D eigenvalue weighted by molar-refractivity contribution is 0.569. The number of aromatic nitrogens is 2. The van der Waals surface area contributed by atoms with Crippen LogP contribution in [-0.4, -0.2) is 23.1 Å². The maximum atomic E-state index is 6.54. The molecule has 1 aromatic carbocycles. The number of benzene rings is 1. The van der Waals surface area contributed by atoms with Gasteiger partial charge < -0.3 is 10.2 Å². The minimum Gasteiger partial charge on any atom is -0.365 e. The molecule has 3 heterocycles. The Bertz CT molecular complexity index is 872. The maximum Gasteiger partial charge on any atom is 0.228 e. The van der Waals surface area contributed by atoms with E-state index in [1.54, 1.807) is 11.3 Å². The first-order valence-corrected chi connectivity index (χ1v) is 9.91. The van der Waals surface area contributed by atoms with E-state index in [2.05, 4.69) is 22.3 Å². The standard InChI is InChI=1S/C19H21ClN4S/c1-13-16(20)15-17(21-12-14-8-4-2-5-9-14)22-19(23-18(15)25-13)24-10-6-3-7-11-24/h2,4-5,8-9H,3,6-7,10-12H2,1H3,(H,21,22,23). The van der Waals surface area contributed by atoms with Crippen LogP contribution in [0.2, 0.25) is 5.02 Å². The molecule has 0 spiro atoms. The third-order valence-corrected chi connectivity index (χ3v) is 6.17. The van der Waals surface area contributed by atoms with E-state index >= 15 is 0 Å². The monoisotopic (exact) mass is 372 g/mol. The smallest absolute Gasteiger partial charge is 0.228 e. The first-order chi connectivity index (χ1) is 12.2. The van der Waals surface area contributed by atoms with Gasteiger partial charge in [0.15, 0.2) is 0 Å². The van der Waals surface area contributed by atoms with Crippen molar-refractivity contribution < 1.29 is 0 Å². The van der Waals surface area contributed by atoms with E-state index in [1.165, 1.54) is 24.8 Å². The van der Waals surface area contributed by atoms with Gasteiger partial charge >= 0.3 is 0 Å². The fourth-order valence-electron chi connectivity index (χ4n) is 3.21. The second-order valence-electron chi connectivity index (χ2n) is 6.41. The largest absolute Gasteiger partial charge is 0.365 e. The molecule has 6 heteroatoms. The summed E-state index contributed by atoms with van der Waals surface area (Å²) >= 11 is 8.19. The van der Waals surface area contributed by atoms with Gasteiger partial charge in [-0.25, -0.2) is 4.98 Å². The number of anilines is 2. The molecule has 3 aromatic rings. The lowest BCUT2D eigenvalue weighted by atomic mass is 10.1. The molecule has 2 aromatic heterocycles. The molecule has 0 saturated carbocycles. The number of aryl methyl sites for hydroxylation is 1. The highest BCUT2D eigenvalue weighted by molar-refractivity contribution is 7.19. The Kier molecular flexibility index (Phi) is 4.77. The van der Waals surface area contributed by atoms with Crippen LogP contribution >= 0.6 is 22.9 Å². The lowest BCUT2D eigenvalue weighted by Gasteiger charge is -2.27. The van der Waals surface area contributed by atoms with Crippen molar-refractivity contribution in [2.75, 3.05) is 23.3 Å². The summed E-state index contributed by atoms with van der Waals surface area (Å²) in [7, 11) is 0. The molecule has 1 fully saturated rings. The van der Waals surface area contributed by atoms with Crippen LogP contribution in [0, 0.1) is 6.92 Å². The summed E-state index contributed by atoms with van der Waals surface area (Å²) in [5, 5.41) is 5.19. The maximum absolute atomic E-state index is 6.54. The van der Waals surface area contributed by atoms with Crippen molar-refractivity contribution in [1.29, 1.82) is 0 Å². The molecule has 25 heavy (non-hydrogen) atoms. The van der Waals surface area contributed by atoms with Crippen LogP contribution in [0.1, 0.15) is 29.7 Å². The summed E-state index contributed by atoms with van der Waals surface area (Å²) in [5.74, 6) is 1.66. The number of piperidine rings is 1. The zero-order valence-electron chi connectivity index (χ0n) is 14.3. The number of hydrogen-bond acceptors (Lipinski definition) is 5. The molecular formula is C19H21ClN4S. The van der Waals surface area contributed by atoms with E-state index in [0.29, 0.717) is 0 Å². The second kappa shape index (κ2) is 7.18. The van der Waals surface area contributed by atoms with Gasteiger partial charge in [-0.1, -0.05) is 41.9 Å². The van der Waals surface area contributed by atoms with Crippen LogP contribution in [0.3, 0.4) is 0 Å². The predicted octanol–water partition coefficient (Wildman–Crippen LogP) is 5.26. The molecule has 1 aliphatic rings. The summed E-state index contributed by atoms with van der Waals surface area (Å²) in [6, 6.07) is 10.3. The molecule has 1 N–H and O–H groups in total. The van der Waals surface area contributed by atoms with E-state index in [4.69, 9.17) is 21.6 Å². The van der Waals surface area contributed by atoms with Gasteiger partial charge in [-0.05, 0) is 31.7 Å². The van der Waals surface area contributed by atoms with Crippen molar-refractivity contribution in [3.63, 3.8) is 0 Å². The molecule has 0 radical (unpaired) electrons. The average Bonchev–Trinajstić information content (AvgIpc) is 2.95. The number of nitrogens with zero attached hydrogens (tertiary/aromatic N) is 3. The molecule has 0 aliphatic carbocycles. The van der Waals surface area contributed by atoms with Gasteiger partial charge in [-0.15, -0.1) is 11.3 Å². The van der Waals surface area contributed by atoms with Gasteiger partial charge in [0, 0.05) is 24.5 Å². The van der Waals surface area contributed by atoms with E-state index < -0.39 is 0 Å². The predicted molar refractivity (Wildman–Crippen MR) is 107 cm³/mol. The summed E-state index contributed by atoms with van der Waals surface area (Å²) in [5.41, 5.74) is 1.22. The van der Waals surface area contributed by atoms with Crippen molar-refractivity contribution in [2.45, 2.75) is 32.7 Å². The highest BCUT2D eigenvalue weighted by atomic mass is 35.5. The van der Waals surface area contributed by atoms with Gasteiger partial charge in [-0.2, -0.15) is 4.98 Å². The summed E-state index contributed by atoms with van der Waals surface area (Å²) in [6.45, 7) is 4.82. The van der Waals surface area contributed by atoms with E-state index in [0.717, 1.165) is 51.5 Å². The van der Waals surface area contributed by atoms with Gasteiger partial charge in [0.2, 0.25) is 5.95 Å². The number of thiophene rings is 1. The van der Waals surface area contributed by atoms with Crippen molar-refractivity contribution in [1.82, 2.24) is 9.97 Å². The normalized spacial score (nSPS) is 14.9. The van der Waals surface area contributed by atoms with E-state index in [1.807, 2.05) is 25.1 Å². The molecule has 0 unspecified atom stereocenters. The number of fused-ring (bicyclic) bond motifs is 1. The molecule has 0 amide bonds. The van der Waals surface area contributed by atoms with Gasteiger partial charge in [-0.3, -0.25) is 0 Å². The fourth-order valence-corrected chi connectivity index (χ4v) is 4.47. The quantitative estimate of drug-likeness (QED) is 0.678. The first-order valence-electron chi connectivity index (χ1n) is 8.72. The average molecular weight is 373 g/mol. The highest BCUT2D eigenvalue weighted by Gasteiger charge is 2.20. The first kappa shape index (κ1) is 16.6. The molecular weight excluding hydrogens is 352 g/mol. The number of halogens is 1. The Morgan fingerprint density at radius 1 is 1.12 bits per heavy atom. The topological polar surface area (TPSA) is 41.1 Å². The second-order valence-corrected chi connectivity index (χ2v) is 7.99. The van der Waals surface area contributed by atoms with Crippen molar-refractivity contribution in [2.24, 2.45) is 0 Å². The minimum atomic E-state index is 0.720. The Labute approximate surface area is 156 Å². The van der Waals surface area contributed by atoms with Crippen LogP contribution in [0.4, 0.5) is 11.8 Å².